The zero-order valence-electron chi connectivity index (χ0n) is 13.8. The Morgan fingerprint density at radius 2 is 1.92 bits per heavy atom. The maximum absolute atomic E-state index is 12.4. The molecule has 0 saturated heterocycles. The maximum atomic E-state index is 12.4. The summed E-state index contributed by atoms with van der Waals surface area (Å²) in [6.07, 6.45) is 6.57. The van der Waals surface area contributed by atoms with Crippen molar-refractivity contribution in [2.45, 2.75) is 37.2 Å². The molecule has 2 rings (SSSR count). The highest BCUT2D eigenvalue weighted by atomic mass is 35.5. The first-order chi connectivity index (χ1) is 10.5. The third kappa shape index (κ3) is 7.99. The number of nitrogens with one attached hydrogen (secondary N) is 1. The maximum Gasteiger partial charge on any atom is 0.0945 e. The largest absolute Gasteiger partial charge is 0.337 e. The molecular formula is C16H24Cl3N3OS. The molecule has 1 atom stereocenters. The summed E-state index contributed by atoms with van der Waals surface area (Å²) in [5, 5.41) is 4.15. The van der Waals surface area contributed by atoms with Gasteiger partial charge in [0.25, 0.3) is 0 Å². The quantitative estimate of drug-likeness (QED) is 0.668. The molecule has 136 valence electrons. The lowest BCUT2D eigenvalue weighted by Crippen LogP contribution is -2.44. The molecule has 0 bridgehead atoms. The van der Waals surface area contributed by atoms with Gasteiger partial charge in [-0.05, 0) is 51.1 Å². The van der Waals surface area contributed by atoms with Crippen LogP contribution in [0.5, 0.6) is 0 Å². The van der Waals surface area contributed by atoms with Gasteiger partial charge in [0.2, 0.25) is 0 Å². The molecule has 1 unspecified atom stereocenters. The first-order valence-electron chi connectivity index (χ1n) is 7.31. The van der Waals surface area contributed by atoms with E-state index in [-0.39, 0.29) is 30.4 Å². The molecule has 1 heterocycles. The number of nitrogens with zero attached hydrogens (tertiary/aromatic N) is 2. The zero-order chi connectivity index (χ0) is 16.0. The summed E-state index contributed by atoms with van der Waals surface area (Å²) in [5.74, 6) is 0.569. The molecule has 0 spiro atoms. The van der Waals surface area contributed by atoms with Gasteiger partial charge in [0, 0.05) is 40.1 Å². The van der Waals surface area contributed by atoms with Gasteiger partial charge in [-0.3, -0.25) is 4.21 Å². The zero-order valence-corrected chi connectivity index (χ0v) is 17.0. The fourth-order valence-corrected chi connectivity index (χ4v) is 3.65. The average molecular weight is 413 g/mol. The van der Waals surface area contributed by atoms with Crippen LogP contribution in [0.15, 0.2) is 47.9 Å². The van der Waals surface area contributed by atoms with Crippen LogP contribution in [0.3, 0.4) is 0 Å². The lowest BCUT2D eigenvalue weighted by Gasteiger charge is -2.26. The number of imidazole rings is 1. The number of benzene rings is 1. The Balaban J connectivity index is 0.00000264. The van der Waals surface area contributed by atoms with Crippen LogP contribution >= 0.6 is 36.4 Å². The molecule has 0 saturated carbocycles. The highest BCUT2D eigenvalue weighted by Crippen LogP contribution is 2.16. The molecule has 0 aliphatic rings. The minimum Gasteiger partial charge on any atom is -0.337 e. The number of aromatic nitrogens is 2. The van der Waals surface area contributed by atoms with Crippen molar-refractivity contribution in [2.24, 2.45) is 0 Å². The summed E-state index contributed by atoms with van der Waals surface area (Å²) >= 11 is 5.86. The Labute approximate surface area is 163 Å². The second-order valence-electron chi connectivity index (χ2n) is 5.91. The standard InChI is InChI=1S/C16H22ClN3OS.2ClH/c1-16(2,19-8-3-10-20-11-9-18-13-20)12-22(21)15-6-4-14(17)5-7-15;;/h4-7,9,11,13,19H,3,8,10,12H2,1-2H3;2*1H. The summed E-state index contributed by atoms with van der Waals surface area (Å²) < 4.78 is 14.5. The smallest absolute Gasteiger partial charge is 0.0945 e. The van der Waals surface area contributed by atoms with E-state index in [1.165, 1.54) is 0 Å². The number of hydrogen-bond acceptors (Lipinski definition) is 3. The topological polar surface area (TPSA) is 46.9 Å². The number of halogens is 3. The van der Waals surface area contributed by atoms with Gasteiger partial charge in [0.15, 0.2) is 0 Å². The van der Waals surface area contributed by atoms with Crippen LogP contribution in [0, 0.1) is 0 Å². The number of hydrogen-bond donors (Lipinski definition) is 1. The van der Waals surface area contributed by atoms with Gasteiger partial charge in [-0.15, -0.1) is 24.8 Å². The molecule has 0 radical (unpaired) electrons. The Morgan fingerprint density at radius 1 is 1.25 bits per heavy atom. The Kier molecular flexibility index (Phi) is 10.8. The Hall–Kier alpha value is -0.590. The molecule has 1 aromatic heterocycles. The Bertz CT molecular complexity index is 604. The SMILES string of the molecule is CC(C)(CS(=O)c1ccc(Cl)cc1)NCCCn1ccnc1.Cl.Cl. The fraction of sp³-hybridized carbons (Fsp3) is 0.438. The predicted octanol–water partition coefficient (Wildman–Crippen LogP) is 3.95. The fourth-order valence-electron chi connectivity index (χ4n) is 2.16. The second kappa shape index (κ2) is 11.1. The van der Waals surface area contributed by atoms with Crippen LogP contribution in [0.1, 0.15) is 20.3 Å². The van der Waals surface area contributed by atoms with E-state index in [1.54, 1.807) is 18.3 Å². The highest BCUT2D eigenvalue weighted by molar-refractivity contribution is 7.85. The van der Waals surface area contributed by atoms with E-state index < -0.39 is 10.8 Å². The third-order valence-corrected chi connectivity index (χ3v) is 5.36. The highest BCUT2D eigenvalue weighted by Gasteiger charge is 2.21. The van der Waals surface area contributed by atoms with Crippen molar-refractivity contribution in [3.8, 4) is 0 Å². The van der Waals surface area contributed by atoms with E-state index >= 15 is 0 Å². The summed E-state index contributed by atoms with van der Waals surface area (Å²) in [6, 6.07) is 7.21. The van der Waals surface area contributed by atoms with E-state index in [0.717, 1.165) is 24.4 Å². The minimum atomic E-state index is -1.03. The molecular weight excluding hydrogens is 389 g/mol. The van der Waals surface area contributed by atoms with Gasteiger partial charge in [-0.1, -0.05) is 11.6 Å². The van der Waals surface area contributed by atoms with E-state index in [4.69, 9.17) is 11.6 Å². The van der Waals surface area contributed by atoms with E-state index in [9.17, 15) is 4.21 Å². The number of aryl methyl sites for hydroxylation is 1. The first kappa shape index (κ1) is 23.4. The van der Waals surface area contributed by atoms with Gasteiger partial charge in [0.1, 0.15) is 0 Å². The van der Waals surface area contributed by atoms with Gasteiger partial charge in [0.05, 0.1) is 17.1 Å². The van der Waals surface area contributed by atoms with Crippen molar-refractivity contribution in [1.82, 2.24) is 14.9 Å². The minimum absolute atomic E-state index is 0. The van der Waals surface area contributed by atoms with Crippen LogP contribution in [0.4, 0.5) is 0 Å². The van der Waals surface area contributed by atoms with Crippen molar-refractivity contribution in [1.29, 1.82) is 0 Å². The summed E-state index contributed by atoms with van der Waals surface area (Å²) in [4.78, 5) is 4.84. The Morgan fingerprint density at radius 3 is 2.50 bits per heavy atom. The molecule has 4 nitrogen and oxygen atoms in total. The molecule has 0 fully saturated rings. The van der Waals surface area contributed by atoms with Gasteiger partial charge < -0.3 is 9.88 Å². The monoisotopic (exact) mass is 411 g/mol. The molecule has 2 aromatic rings. The molecule has 8 heteroatoms. The van der Waals surface area contributed by atoms with Gasteiger partial charge in [-0.25, -0.2) is 4.98 Å². The van der Waals surface area contributed by atoms with E-state index in [2.05, 4.69) is 28.7 Å². The van der Waals surface area contributed by atoms with Crippen molar-refractivity contribution in [3.63, 3.8) is 0 Å². The molecule has 24 heavy (non-hydrogen) atoms. The van der Waals surface area contributed by atoms with Gasteiger partial charge in [-0.2, -0.15) is 0 Å². The van der Waals surface area contributed by atoms with Crippen molar-refractivity contribution < 1.29 is 4.21 Å². The van der Waals surface area contributed by atoms with E-state index in [0.29, 0.717) is 10.8 Å². The summed E-state index contributed by atoms with van der Waals surface area (Å²) in [6.45, 7) is 5.97. The van der Waals surface area contributed by atoms with Crippen LogP contribution < -0.4 is 5.32 Å². The summed E-state index contributed by atoms with van der Waals surface area (Å²) in [7, 11) is -1.03. The summed E-state index contributed by atoms with van der Waals surface area (Å²) in [5.41, 5.74) is -0.181. The van der Waals surface area contributed by atoms with Crippen LogP contribution in [-0.4, -0.2) is 31.6 Å². The van der Waals surface area contributed by atoms with Crippen molar-refractivity contribution >= 4 is 47.2 Å². The number of rotatable bonds is 8. The van der Waals surface area contributed by atoms with Crippen LogP contribution in [0.2, 0.25) is 5.02 Å². The van der Waals surface area contributed by atoms with E-state index in [1.807, 2.05) is 24.7 Å². The lowest BCUT2D eigenvalue weighted by atomic mass is 10.1. The third-order valence-electron chi connectivity index (χ3n) is 3.32. The average Bonchev–Trinajstić information content (AvgIpc) is 2.97. The molecule has 0 aliphatic carbocycles. The first-order valence-corrected chi connectivity index (χ1v) is 9.01. The predicted molar refractivity (Wildman–Crippen MR) is 106 cm³/mol. The van der Waals surface area contributed by atoms with Crippen LogP contribution in [0.25, 0.3) is 0 Å². The van der Waals surface area contributed by atoms with Gasteiger partial charge >= 0.3 is 0 Å². The molecule has 0 aliphatic heterocycles. The van der Waals surface area contributed by atoms with Crippen LogP contribution in [-0.2, 0) is 17.3 Å². The lowest BCUT2D eigenvalue weighted by molar-refractivity contribution is 0.417. The molecule has 0 amide bonds. The molecule has 1 N–H and O–H groups in total. The normalized spacial score (nSPS) is 12.1. The molecule has 1 aromatic carbocycles. The van der Waals surface area contributed by atoms with Crippen molar-refractivity contribution in [3.05, 3.63) is 48.0 Å². The van der Waals surface area contributed by atoms with Crippen molar-refractivity contribution in [2.75, 3.05) is 12.3 Å². The second-order valence-corrected chi connectivity index (χ2v) is 7.80.